The first-order valence-corrected chi connectivity index (χ1v) is 8.85. The predicted molar refractivity (Wildman–Crippen MR) is 95.4 cm³/mol. The molecular formula is C21H27NO. The number of hydrogen-bond donors (Lipinski definition) is 1. The summed E-state index contributed by atoms with van der Waals surface area (Å²) >= 11 is 0. The molecule has 0 saturated carbocycles. The van der Waals surface area contributed by atoms with Gasteiger partial charge in [-0.05, 0) is 43.5 Å². The summed E-state index contributed by atoms with van der Waals surface area (Å²) in [5, 5.41) is 11.5. The van der Waals surface area contributed by atoms with E-state index in [4.69, 9.17) is 0 Å². The first-order valence-electron chi connectivity index (χ1n) is 8.85. The topological polar surface area (TPSA) is 23.5 Å². The average Bonchev–Trinajstić information content (AvgIpc) is 2.90. The van der Waals surface area contributed by atoms with E-state index in [1.165, 1.54) is 38.8 Å². The molecule has 0 aliphatic carbocycles. The van der Waals surface area contributed by atoms with Crippen molar-refractivity contribution < 1.29 is 5.11 Å². The van der Waals surface area contributed by atoms with Gasteiger partial charge < -0.3 is 10.0 Å². The molecular weight excluding hydrogens is 282 g/mol. The van der Waals surface area contributed by atoms with Crippen molar-refractivity contribution in [3.05, 3.63) is 71.8 Å². The first-order chi connectivity index (χ1) is 11.3. The Morgan fingerprint density at radius 1 is 0.739 bits per heavy atom. The smallest absolute Gasteiger partial charge is 0.116 e. The molecule has 0 bridgehead atoms. The molecule has 2 aromatic rings. The second-order valence-electron chi connectivity index (χ2n) is 6.60. The Balaban J connectivity index is 1.81. The summed E-state index contributed by atoms with van der Waals surface area (Å²) in [6.45, 7) is 3.28. The van der Waals surface area contributed by atoms with E-state index in [-0.39, 0.29) is 0 Å². The molecule has 0 radical (unpaired) electrons. The van der Waals surface area contributed by atoms with E-state index in [0.717, 1.165) is 24.1 Å². The van der Waals surface area contributed by atoms with E-state index in [2.05, 4.69) is 4.90 Å². The van der Waals surface area contributed by atoms with E-state index in [1.54, 1.807) is 0 Å². The van der Waals surface area contributed by atoms with Crippen molar-refractivity contribution in [1.29, 1.82) is 0 Å². The molecule has 1 aliphatic rings. The Morgan fingerprint density at radius 3 is 1.70 bits per heavy atom. The van der Waals surface area contributed by atoms with Crippen LogP contribution in [0.4, 0.5) is 0 Å². The van der Waals surface area contributed by atoms with Crippen molar-refractivity contribution >= 4 is 0 Å². The van der Waals surface area contributed by atoms with Crippen molar-refractivity contribution in [3.63, 3.8) is 0 Å². The van der Waals surface area contributed by atoms with Crippen LogP contribution in [0.1, 0.15) is 43.2 Å². The van der Waals surface area contributed by atoms with Gasteiger partial charge in [-0.15, -0.1) is 0 Å². The van der Waals surface area contributed by atoms with Crippen molar-refractivity contribution in [3.8, 4) is 0 Å². The SMILES string of the molecule is OC(CCN1CCCCCC1)(c1ccccc1)c1ccccc1. The lowest BCUT2D eigenvalue weighted by molar-refractivity contribution is 0.0577. The van der Waals surface area contributed by atoms with Gasteiger partial charge in [0.15, 0.2) is 0 Å². The molecule has 2 aromatic carbocycles. The summed E-state index contributed by atoms with van der Waals surface area (Å²) in [6, 6.07) is 20.2. The highest BCUT2D eigenvalue weighted by atomic mass is 16.3. The normalized spacial score (nSPS) is 16.9. The molecule has 122 valence electrons. The molecule has 2 heteroatoms. The number of aliphatic hydroxyl groups is 1. The van der Waals surface area contributed by atoms with E-state index in [0.29, 0.717) is 0 Å². The minimum atomic E-state index is -0.908. The maximum atomic E-state index is 11.5. The summed E-state index contributed by atoms with van der Waals surface area (Å²) in [4.78, 5) is 2.52. The lowest BCUT2D eigenvalue weighted by atomic mass is 9.83. The van der Waals surface area contributed by atoms with E-state index < -0.39 is 5.60 Å². The monoisotopic (exact) mass is 309 g/mol. The highest BCUT2D eigenvalue weighted by Crippen LogP contribution is 2.33. The molecule has 0 unspecified atom stereocenters. The number of hydrogen-bond acceptors (Lipinski definition) is 2. The second kappa shape index (κ2) is 7.76. The maximum Gasteiger partial charge on any atom is 0.116 e. The van der Waals surface area contributed by atoms with Crippen LogP contribution in [0, 0.1) is 0 Å². The fourth-order valence-corrected chi connectivity index (χ4v) is 3.56. The standard InChI is InChI=1S/C21H27NO/c23-21(19-11-5-3-6-12-19,20-13-7-4-8-14-20)15-18-22-16-9-1-2-10-17-22/h3-8,11-14,23H,1-2,9-10,15-18H2. The lowest BCUT2D eigenvalue weighted by Gasteiger charge is -2.32. The molecule has 23 heavy (non-hydrogen) atoms. The molecule has 3 rings (SSSR count). The van der Waals surface area contributed by atoms with Crippen LogP contribution >= 0.6 is 0 Å². The number of benzene rings is 2. The van der Waals surface area contributed by atoms with Crippen LogP contribution in [0.3, 0.4) is 0 Å². The third kappa shape index (κ3) is 4.01. The summed E-state index contributed by atoms with van der Waals surface area (Å²) in [7, 11) is 0. The minimum Gasteiger partial charge on any atom is -0.380 e. The van der Waals surface area contributed by atoms with Crippen LogP contribution in [-0.4, -0.2) is 29.6 Å². The Labute approximate surface area is 139 Å². The van der Waals surface area contributed by atoms with Gasteiger partial charge in [0.2, 0.25) is 0 Å². The van der Waals surface area contributed by atoms with Gasteiger partial charge in [-0.2, -0.15) is 0 Å². The quantitative estimate of drug-likeness (QED) is 0.895. The highest BCUT2D eigenvalue weighted by molar-refractivity contribution is 5.35. The van der Waals surface area contributed by atoms with E-state index in [1.807, 2.05) is 60.7 Å². The Bertz CT molecular complexity index is 534. The molecule has 1 saturated heterocycles. The maximum absolute atomic E-state index is 11.5. The molecule has 0 amide bonds. The Hall–Kier alpha value is -1.64. The summed E-state index contributed by atoms with van der Waals surface area (Å²) in [5.74, 6) is 0. The van der Waals surface area contributed by atoms with Crippen molar-refractivity contribution in [2.24, 2.45) is 0 Å². The Kier molecular flexibility index (Phi) is 5.47. The number of rotatable bonds is 5. The minimum absolute atomic E-state index is 0.737. The molecule has 0 atom stereocenters. The van der Waals surface area contributed by atoms with Gasteiger partial charge in [-0.3, -0.25) is 0 Å². The molecule has 1 aliphatic heterocycles. The third-order valence-electron chi connectivity index (χ3n) is 4.99. The zero-order valence-electron chi connectivity index (χ0n) is 13.8. The van der Waals surface area contributed by atoms with Crippen LogP contribution in [0.5, 0.6) is 0 Å². The molecule has 2 nitrogen and oxygen atoms in total. The second-order valence-corrected chi connectivity index (χ2v) is 6.60. The molecule has 0 spiro atoms. The molecule has 0 aromatic heterocycles. The lowest BCUT2D eigenvalue weighted by Crippen LogP contribution is -2.34. The van der Waals surface area contributed by atoms with Crippen LogP contribution < -0.4 is 0 Å². The fraction of sp³-hybridized carbons (Fsp3) is 0.429. The summed E-state index contributed by atoms with van der Waals surface area (Å²) in [6.07, 6.45) is 6.00. The first kappa shape index (κ1) is 16.2. The number of nitrogens with zero attached hydrogens (tertiary/aromatic N) is 1. The van der Waals surface area contributed by atoms with Crippen molar-refractivity contribution in [1.82, 2.24) is 4.90 Å². The zero-order valence-corrected chi connectivity index (χ0v) is 13.8. The van der Waals surface area contributed by atoms with E-state index in [9.17, 15) is 5.11 Å². The van der Waals surface area contributed by atoms with Gasteiger partial charge in [-0.25, -0.2) is 0 Å². The average molecular weight is 309 g/mol. The third-order valence-corrected chi connectivity index (χ3v) is 4.99. The van der Waals surface area contributed by atoms with Gasteiger partial charge in [-0.1, -0.05) is 73.5 Å². The van der Waals surface area contributed by atoms with Gasteiger partial charge in [0.1, 0.15) is 5.60 Å². The van der Waals surface area contributed by atoms with Gasteiger partial charge in [0.05, 0.1) is 0 Å². The van der Waals surface area contributed by atoms with Crippen molar-refractivity contribution in [2.75, 3.05) is 19.6 Å². The molecule has 1 fully saturated rings. The van der Waals surface area contributed by atoms with Crippen LogP contribution in [-0.2, 0) is 5.60 Å². The zero-order chi connectivity index (χ0) is 16.0. The molecule has 1 N–H and O–H groups in total. The summed E-state index contributed by atoms with van der Waals surface area (Å²) < 4.78 is 0. The van der Waals surface area contributed by atoms with Gasteiger partial charge >= 0.3 is 0 Å². The van der Waals surface area contributed by atoms with Crippen LogP contribution in [0.2, 0.25) is 0 Å². The fourth-order valence-electron chi connectivity index (χ4n) is 3.56. The van der Waals surface area contributed by atoms with Crippen LogP contribution in [0.15, 0.2) is 60.7 Å². The Morgan fingerprint density at radius 2 is 1.22 bits per heavy atom. The predicted octanol–water partition coefficient (Wildman–Crippen LogP) is 4.19. The van der Waals surface area contributed by atoms with Gasteiger partial charge in [0, 0.05) is 6.54 Å². The summed E-state index contributed by atoms with van der Waals surface area (Å²) in [5.41, 5.74) is 1.07. The number of likely N-dealkylation sites (tertiary alicyclic amines) is 1. The molecule has 1 heterocycles. The van der Waals surface area contributed by atoms with E-state index >= 15 is 0 Å². The highest BCUT2D eigenvalue weighted by Gasteiger charge is 2.31. The largest absolute Gasteiger partial charge is 0.380 e. The van der Waals surface area contributed by atoms with Gasteiger partial charge in [0.25, 0.3) is 0 Å². The van der Waals surface area contributed by atoms with Crippen molar-refractivity contribution in [2.45, 2.75) is 37.7 Å². The van der Waals surface area contributed by atoms with Crippen LogP contribution in [0.25, 0.3) is 0 Å².